The lowest BCUT2D eigenvalue weighted by atomic mass is 10.1. The van der Waals surface area contributed by atoms with E-state index in [9.17, 15) is 9.59 Å². The number of anilines is 1. The van der Waals surface area contributed by atoms with Gasteiger partial charge in [-0.25, -0.2) is 0 Å². The van der Waals surface area contributed by atoms with Crippen LogP contribution >= 0.6 is 0 Å². The van der Waals surface area contributed by atoms with Crippen LogP contribution in [0.25, 0.3) is 0 Å². The van der Waals surface area contributed by atoms with Crippen molar-refractivity contribution < 1.29 is 9.59 Å². The molecule has 106 valence electrons. The molecule has 0 spiro atoms. The van der Waals surface area contributed by atoms with Crippen molar-refractivity contribution in [2.45, 2.75) is 0 Å². The maximum atomic E-state index is 11.9. The minimum Gasteiger partial charge on any atom is -0.398 e. The Morgan fingerprint density at radius 1 is 1.00 bits per heavy atom. The van der Waals surface area contributed by atoms with E-state index in [0.29, 0.717) is 16.8 Å². The molecule has 0 aliphatic heterocycles. The van der Waals surface area contributed by atoms with Crippen LogP contribution in [0, 0.1) is 0 Å². The summed E-state index contributed by atoms with van der Waals surface area (Å²) in [4.78, 5) is 23.7. The van der Waals surface area contributed by atoms with Gasteiger partial charge in [0.1, 0.15) is 0 Å². The molecule has 0 unspecified atom stereocenters. The lowest BCUT2D eigenvalue weighted by molar-refractivity contribution is 0.0956. The second-order valence-corrected chi connectivity index (χ2v) is 4.43. The number of carbonyl (C=O) groups is 2. The smallest absolute Gasteiger partial charge is 0.251 e. The standard InChI is InChI=1S/C17H16N2O2/c18-15-10-5-4-9-14(15)16(20)11-6-12-19-17(21)13-7-2-1-3-8-13/h1-11H,12,18H2,(H,19,21)/b11-6+. The number of rotatable bonds is 5. The van der Waals surface area contributed by atoms with E-state index >= 15 is 0 Å². The third-order valence-corrected chi connectivity index (χ3v) is 2.91. The Bertz CT molecular complexity index is 664. The minimum absolute atomic E-state index is 0.174. The molecule has 4 heteroatoms. The maximum absolute atomic E-state index is 11.9. The van der Waals surface area contributed by atoms with E-state index < -0.39 is 0 Å². The number of benzene rings is 2. The van der Waals surface area contributed by atoms with Crippen LogP contribution in [0.4, 0.5) is 5.69 Å². The summed E-state index contributed by atoms with van der Waals surface area (Å²) in [7, 11) is 0. The molecule has 2 rings (SSSR count). The van der Waals surface area contributed by atoms with Gasteiger partial charge in [-0.05, 0) is 30.3 Å². The highest BCUT2D eigenvalue weighted by Gasteiger charge is 2.05. The van der Waals surface area contributed by atoms with Gasteiger partial charge in [0.25, 0.3) is 5.91 Å². The summed E-state index contributed by atoms with van der Waals surface area (Å²) in [6, 6.07) is 15.8. The van der Waals surface area contributed by atoms with Gasteiger partial charge in [-0.2, -0.15) is 0 Å². The van der Waals surface area contributed by atoms with Gasteiger partial charge in [0.15, 0.2) is 5.78 Å². The first-order valence-electron chi connectivity index (χ1n) is 6.57. The van der Waals surface area contributed by atoms with Crippen LogP contribution in [-0.2, 0) is 0 Å². The Kier molecular flexibility index (Phi) is 4.88. The predicted octanol–water partition coefficient (Wildman–Crippen LogP) is 2.44. The van der Waals surface area contributed by atoms with Gasteiger partial charge in [0.05, 0.1) is 0 Å². The largest absolute Gasteiger partial charge is 0.398 e. The number of hydrogen-bond donors (Lipinski definition) is 2. The summed E-state index contributed by atoms with van der Waals surface area (Å²) in [5, 5.41) is 2.71. The number of nitrogen functional groups attached to an aromatic ring is 1. The van der Waals surface area contributed by atoms with Crippen LogP contribution in [0.2, 0.25) is 0 Å². The van der Waals surface area contributed by atoms with Crippen molar-refractivity contribution in [2.75, 3.05) is 12.3 Å². The molecule has 0 saturated heterocycles. The third-order valence-electron chi connectivity index (χ3n) is 2.91. The normalized spacial score (nSPS) is 10.5. The molecule has 2 aromatic carbocycles. The first-order chi connectivity index (χ1) is 10.2. The molecular formula is C17H16N2O2. The van der Waals surface area contributed by atoms with Crippen LogP contribution in [0.1, 0.15) is 20.7 Å². The number of ketones is 1. The molecule has 0 fully saturated rings. The van der Waals surface area contributed by atoms with E-state index in [1.54, 1.807) is 54.6 Å². The summed E-state index contributed by atoms with van der Waals surface area (Å²) >= 11 is 0. The SMILES string of the molecule is Nc1ccccc1C(=O)/C=C/CNC(=O)c1ccccc1. The number of hydrogen-bond acceptors (Lipinski definition) is 3. The van der Waals surface area contributed by atoms with Crippen LogP contribution in [0.5, 0.6) is 0 Å². The molecule has 0 radical (unpaired) electrons. The van der Waals surface area contributed by atoms with Gasteiger partial charge in [0.2, 0.25) is 0 Å². The van der Waals surface area contributed by atoms with Gasteiger partial charge in [-0.1, -0.05) is 36.4 Å². The highest BCUT2D eigenvalue weighted by atomic mass is 16.1. The van der Waals surface area contributed by atoms with Crippen LogP contribution in [0.15, 0.2) is 66.7 Å². The van der Waals surface area contributed by atoms with E-state index in [4.69, 9.17) is 5.73 Å². The highest BCUT2D eigenvalue weighted by Crippen LogP contribution is 2.11. The highest BCUT2D eigenvalue weighted by molar-refractivity contribution is 6.08. The van der Waals surface area contributed by atoms with Crippen molar-refractivity contribution in [1.82, 2.24) is 5.32 Å². The van der Waals surface area contributed by atoms with Gasteiger partial charge in [0, 0.05) is 23.4 Å². The molecule has 21 heavy (non-hydrogen) atoms. The lowest BCUT2D eigenvalue weighted by Crippen LogP contribution is -2.23. The molecule has 3 N–H and O–H groups in total. The lowest BCUT2D eigenvalue weighted by Gasteiger charge is -2.02. The number of nitrogens with two attached hydrogens (primary N) is 1. The number of nitrogens with one attached hydrogen (secondary N) is 1. The first-order valence-corrected chi connectivity index (χ1v) is 6.57. The van der Waals surface area contributed by atoms with Crippen molar-refractivity contribution >= 4 is 17.4 Å². The number of allylic oxidation sites excluding steroid dienone is 1. The Morgan fingerprint density at radius 2 is 1.67 bits per heavy atom. The molecule has 0 saturated carbocycles. The molecule has 4 nitrogen and oxygen atoms in total. The van der Waals surface area contributed by atoms with Crippen molar-refractivity contribution in [3.05, 3.63) is 77.9 Å². The summed E-state index contributed by atoms with van der Waals surface area (Å²) < 4.78 is 0. The Morgan fingerprint density at radius 3 is 2.38 bits per heavy atom. The van der Waals surface area contributed by atoms with Crippen LogP contribution in [-0.4, -0.2) is 18.2 Å². The molecule has 2 aromatic rings. The number of carbonyl (C=O) groups excluding carboxylic acids is 2. The van der Waals surface area contributed by atoms with E-state index in [1.165, 1.54) is 6.08 Å². The molecule has 0 aromatic heterocycles. The molecule has 0 heterocycles. The fraction of sp³-hybridized carbons (Fsp3) is 0.0588. The fourth-order valence-corrected chi connectivity index (χ4v) is 1.82. The monoisotopic (exact) mass is 280 g/mol. The fourth-order valence-electron chi connectivity index (χ4n) is 1.82. The van der Waals surface area contributed by atoms with Gasteiger partial charge in [-0.15, -0.1) is 0 Å². The average molecular weight is 280 g/mol. The van der Waals surface area contributed by atoms with Gasteiger partial charge in [-0.3, -0.25) is 9.59 Å². The van der Waals surface area contributed by atoms with E-state index in [2.05, 4.69) is 5.32 Å². The van der Waals surface area contributed by atoms with E-state index in [0.717, 1.165) is 0 Å². The van der Waals surface area contributed by atoms with Crippen LogP contribution < -0.4 is 11.1 Å². The topological polar surface area (TPSA) is 72.2 Å². The predicted molar refractivity (Wildman–Crippen MR) is 83.1 cm³/mol. The molecule has 0 aliphatic rings. The first kappa shape index (κ1) is 14.5. The number of para-hydroxylation sites is 1. The number of amides is 1. The zero-order chi connectivity index (χ0) is 15.1. The second-order valence-electron chi connectivity index (χ2n) is 4.43. The van der Waals surface area contributed by atoms with E-state index in [-0.39, 0.29) is 18.2 Å². The Hall–Kier alpha value is -2.88. The van der Waals surface area contributed by atoms with Gasteiger partial charge < -0.3 is 11.1 Å². The second kappa shape index (κ2) is 7.05. The molecule has 0 bridgehead atoms. The summed E-state index contributed by atoms with van der Waals surface area (Å²) in [5.74, 6) is -0.353. The summed E-state index contributed by atoms with van der Waals surface area (Å²) in [5.41, 5.74) is 7.22. The van der Waals surface area contributed by atoms with Crippen molar-refractivity contribution in [1.29, 1.82) is 0 Å². The zero-order valence-corrected chi connectivity index (χ0v) is 11.5. The zero-order valence-electron chi connectivity index (χ0n) is 11.5. The molecular weight excluding hydrogens is 264 g/mol. The van der Waals surface area contributed by atoms with Crippen LogP contribution in [0.3, 0.4) is 0 Å². The molecule has 1 amide bonds. The average Bonchev–Trinajstić information content (AvgIpc) is 2.52. The molecule has 0 atom stereocenters. The Labute approximate surface area is 123 Å². The Balaban J connectivity index is 1.87. The molecule has 0 aliphatic carbocycles. The maximum Gasteiger partial charge on any atom is 0.251 e. The van der Waals surface area contributed by atoms with E-state index in [1.807, 2.05) is 6.07 Å². The third kappa shape index (κ3) is 4.04. The van der Waals surface area contributed by atoms with Crippen molar-refractivity contribution in [3.8, 4) is 0 Å². The summed E-state index contributed by atoms with van der Waals surface area (Å²) in [6.07, 6.45) is 3.02. The quantitative estimate of drug-likeness (QED) is 0.502. The minimum atomic E-state index is -0.179. The summed E-state index contributed by atoms with van der Waals surface area (Å²) in [6.45, 7) is 0.284. The van der Waals surface area contributed by atoms with Gasteiger partial charge >= 0.3 is 0 Å². The van der Waals surface area contributed by atoms with Crippen molar-refractivity contribution in [3.63, 3.8) is 0 Å². The van der Waals surface area contributed by atoms with Crippen molar-refractivity contribution in [2.24, 2.45) is 0 Å².